The van der Waals surface area contributed by atoms with Gasteiger partial charge in [0.15, 0.2) is 0 Å². The number of ether oxygens (including phenoxy) is 2. The van der Waals surface area contributed by atoms with Crippen LogP contribution < -0.4 is 5.32 Å². The number of hydrogen-bond donors (Lipinski definition) is 2. The van der Waals surface area contributed by atoms with Gasteiger partial charge in [-0.3, -0.25) is 4.79 Å². The molecule has 0 fully saturated rings. The number of carboxylic acids is 1. The zero-order valence-corrected chi connectivity index (χ0v) is 18.1. The minimum Gasteiger partial charge on any atom is -0.481 e. The van der Waals surface area contributed by atoms with Crippen molar-refractivity contribution in [3.8, 4) is 11.1 Å². The second-order valence-electron chi connectivity index (χ2n) is 8.00. The molecule has 32 heavy (non-hydrogen) atoms. The first-order valence-corrected chi connectivity index (χ1v) is 10.5. The summed E-state index contributed by atoms with van der Waals surface area (Å²) in [7, 11) is 0. The fraction of sp³-hybridized carbons (Fsp3) is 0.320. The van der Waals surface area contributed by atoms with Crippen molar-refractivity contribution in [1.82, 2.24) is 5.32 Å². The normalized spacial score (nSPS) is 14.1. The standard InChI is InChI=1S/C25H27NO6/c1-4-16(13-22(27)28)32-24(29)23(15(2)3)26-25(30)31-14-21-19-11-7-5-9-17(19)18-10-6-8-12-20(18)21/h4-12,15-16,21,23H,1,13-14H2,2-3H3,(H,26,30)(H,27,28)/t16-,23+/m1/s1. The molecule has 0 unspecified atom stereocenters. The number of fused-ring (bicyclic) bond motifs is 3. The Kier molecular flexibility index (Phi) is 7.30. The molecule has 0 saturated carbocycles. The third-order valence-corrected chi connectivity index (χ3v) is 5.44. The predicted octanol–water partition coefficient (Wildman–Crippen LogP) is 4.12. The van der Waals surface area contributed by atoms with Crippen molar-refractivity contribution in [2.24, 2.45) is 5.92 Å². The maximum Gasteiger partial charge on any atom is 0.407 e. The predicted molar refractivity (Wildman–Crippen MR) is 119 cm³/mol. The van der Waals surface area contributed by atoms with Crippen molar-refractivity contribution in [3.05, 3.63) is 72.3 Å². The Hall–Kier alpha value is -3.61. The van der Waals surface area contributed by atoms with Crippen LogP contribution in [0.2, 0.25) is 0 Å². The fourth-order valence-corrected chi connectivity index (χ4v) is 3.83. The number of hydrogen-bond acceptors (Lipinski definition) is 5. The average Bonchev–Trinajstić information content (AvgIpc) is 3.08. The molecule has 1 aliphatic rings. The summed E-state index contributed by atoms with van der Waals surface area (Å²) in [6, 6.07) is 15.0. The minimum absolute atomic E-state index is 0.0988. The van der Waals surface area contributed by atoms with Crippen molar-refractivity contribution in [2.75, 3.05) is 6.61 Å². The molecule has 0 aromatic heterocycles. The summed E-state index contributed by atoms with van der Waals surface area (Å²) in [4.78, 5) is 35.9. The summed E-state index contributed by atoms with van der Waals surface area (Å²) >= 11 is 0. The van der Waals surface area contributed by atoms with Gasteiger partial charge in [0, 0.05) is 5.92 Å². The average molecular weight is 437 g/mol. The van der Waals surface area contributed by atoms with Gasteiger partial charge >= 0.3 is 18.0 Å². The maximum absolute atomic E-state index is 12.5. The molecular formula is C25H27NO6. The first-order valence-electron chi connectivity index (χ1n) is 10.5. The van der Waals surface area contributed by atoms with Gasteiger partial charge in [-0.2, -0.15) is 0 Å². The quantitative estimate of drug-likeness (QED) is 0.452. The largest absolute Gasteiger partial charge is 0.481 e. The lowest BCUT2D eigenvalue weighted by Crippen LogP contribution is -2.46. The van der Waals surface area contributed by atoms with Gasteiger partial charge in [0.25, 0.3) is 0 Å². The SMILES string of the molecule is C=C[C@H](CC(=O)O)OC(=O)[C@@H](NC(=O)OCC1c2ccccc2-c2ccccc21)C(C)C. The van der Waals surface area contributed by atoms with Crippen LogP contribution in [0.4, 0.5) is 4.79 Å². The second kappa shape index (κ2) is 10.1. The van der Waals surface area contributed by atoms with E-state index in [1.54, 1.807) is 13.8 Å². The minimum atomic E-state index is -1.12. The highest BCUT2D eigenvalue weighted by Crippen LogP contribution is 2.44. The highest BCUT2D eigenvalue weighted by Gasteiger charge is 2.31. The van der Waals surface area contributed by atoms with Crippen LogP contribution >= 0.6 is 0 Å². The number of amides is 1. The molecule has 7 nitrogen and oxygen atoms in total. The molecule has 2 N–H and O–H groups in total. The number of rotatable bonds is 9. The van der Waals surface area contributed by atoms with Crippen LogP contribution in [0.1, 0.15) is 37.3 Å². The first kappa shape index (κ1) is 23.1. The van der Waals surface area contributed by atoms with Crippen LogP contribution in [-0.2, 0) is 19.1 Å². The number of carboxylic acid groups (broad SMARTS) is 1. The molecule has 1 amide bonds. The summed E-state index contributed by atoms with van der Waals surface area (Å²) in [6.07, 6.45) is -0.872. The monoisotopic (exact) mass is 437 g/mol. The van der Waals surface area contributed by atoms with Crippen LogP contribution in [-0.4, -0.2) is 41.9 Å². The van der Waals surface area contributed by atoms with E-state index in [0.29, 0.717) is 0 Å². The van der Waals surface area contributed by atoms with E-state index in [0.717, 1.165) is 22.3 Å². The van der Waals surface area contributed by atoms with Crippen molar-refractivity contribution >= 4 is 18.0 Å². The summed E-state index contributed by atoms with van der Waals surface area (Å²) in [5.41, 5.74) is 4.41. The Morgan fingerprint density at radius 2 is 1.62 bits per heavy atom. The maximum atomic E-state index is 12.5. The topological polar surface area (TPSA) is 102 Å². The van der Waals surface area contributed by atoms with Gasteiger partial charge in [0.05, 0.1) is 6.42 Å². The summed E-state index contributed by atoms with van der Waals surface area (Å²) in [5.74, 6) is -2.25. The van der Waals surface area contributed by atoms with Gasteiger partial charge in [-0.15, -0.1) is 0 Å². The molecule has 2 aromatic carbocycles. The Morgan fingerprint density at radius 3 is 2.12 bits per heavy atom. The van der Waals surface area contributed by atoms with Gasteiger partial charge in [-0.25, -0.2) is 9.59 Å². The molecular weight excluding hydrogens is 410 g/mol. The molecule has 0 heterocycles. The first-order chi connectivity index (χ1) is 15.3. The Labute approximate surface area is 187 Å². The number of carbonyl (C=O) groups is 3. The van der Waals surface area contributed by atoms with Crippen molar-refractivity contribution in [1.29, 1.82) is 0 Å². The molecule has 2 atom stereocenters. The van der Waals surface area contributed by atoms with Crippen molar-refractivity contribution in [3.63, 3.8) is 0 Å². The van der Waals surface area contributed by atoms with Crippen LogP contribution in [0.3, 0.4) is 0 Å². The second-order valence-corrected chi connectivity index (χ2v) is 8.00. The summed E-state index contributed by atoms with van der Waals surface area (Å²) in [6.45, 7) is 7.10. The summed E-state index contributed by atoms with van der Waals surface area (Å²) in [5, 5.41) is 11.5. The number of esters is 1. The summed E-state index contributed by atoms with van der Waals surface area (Å²) < 4.78 is 10.7. The van der Waals surface area contributed by atoms with E-state index in [9.17, 15) is 14.4 Å². The molecule has 0 saturated heterocycles. The molecule has 168 valence electrons. The molecule has 0 spiro atoms. The molecule has 0 aliphatic heterocycles. The Morgan fingerprint density at radius 1 is 1.06 bits per heavy atom. The van der Waals surface area contributed by atoms with E-state index in [2.05, 4.69) is 11.9 Å². The number of benzene rings is 2. The lowest BCUT2D eigenvalue weighted by atomic mass is 9.98. The van der Waals surface area contributed by atoms with E-state index < -0.39 is 36.6 Å². The van der Waals surface area contributed by atoms with E-state index in [4.69, 9.17) is 14.6 Å². The van der Waals surface area contributed by atoms with Crippen LogP contribution in [0.5, 0.6) is 0 Å². The molecule has 7 heteroatoms. The highest BCUT2D eigenvalue weighted by molar-refractivity contribution is 5.82. The highest BCUT2D eigenvalue weighted by atomic mass is 16.6. The Balaban J connectivity index is 1.65. The lowest BCUT2D eigenvalue weighted by molar-refractivity contribution is -0.153. The van der Waals surface area contributed by atoms with Crippen molar-refractivity contribution < 1.29 is 29.0 Å². The fourth-order valence-electron chi connectivity index (χ4n) is 3.83. The molecule has 0 radical (unpaired) electrons. The van der Waals surface area contributed by atoms with Gasteiger partial charge < -0.3 is 19.9 Å². The molecule has 1 aliphatic carbocycles. The van der Waals surface area contributed by atoms with E-state index in [1.165, 1.54) is 6.08 Å². The van der Waals surface area contributed by atoms with E-state index in [-0.39, 0.29) is 18.4 Å². The Bertz CT molecular complexity index is 969. The lowest BCUT2D eigenvalue weighted by Gasteiger charge is -2.23. The number of nitrogens with one attached hydrogen (secondary N) is 1. The van der Waals surface area contributed by atoms with Gasteiger partial charge in [-0.1, -0.05) is 75.0 Å². The zero-order valence-electron chi connectivity index (χ0n) is 18.1. The molecule has 2 aromatic rings. The number of alkyl carbamates (subject to hydrolysis) is 1. The third kappa shape index (κ3) is 5.17. The number of carbonyl (C=O) groups excluding carboxylic acids is 2. The molecule has 0 bridgehead atoms. The smallest absolute Gasteiger partial charge is 0.407 e. The zero-order chi connectivity index (χ0) is 23.3. The van der Waals surface area contributed by atoms with Gasteiger partial charge in [-0.05, 0) is 28.2 Å². The van der Waals surface area contributed by atoms with E-state index in [1.807, 2.05) is 48.5 Å². The van der Waals surface area contributed by atoms with Crippen LogP contribution in [0.25, 0.3) is 11.1 Å². The number of aliphatic carboxylic acids is 1. The molecule has 3 rings (SSSR count). The van der Waals surface area contributed by atoms with Crippen LogP contribution in [0, 0.1) is 5.92 Å². The van der Waals surface area contributed by atoms with Gasteiger partial charge in [0.1, 0.15) is 18.8 Å². The van der Waals surface area contributed by atoms with Gasteiger partial charge in [0.2, 0.25) is 0 Å². The third-order valence-electron chi connectivity index (χ3n) is 5.44. The van der Waals surface area contributed by atoms with Crippen molar-refractivity contribution in [2.45, 2.75) is 38.3 Å². The van der Waals surface area contributed by atoms with E-state index >= 15 is 0 Å². The van der Waals surface area contributed by atoms with Crippen LogP contribution in [0.15, 0.2) is 61.2 Å².